The third kappa shape index (κ3) is 5.45. The number of hydrogen-bond donors (Lipinski definition) is 3. The van der Waals surface area contributed by atoms with Crippen molar-refractivity contribution in [2.75, 3.05) is 22.5 Å². The van der Waals surface area contributed by atoms with Crippen LogP contribution < -0.4 is 20.1 Å². The van der Waals surface area contributed by atoms with E-state index in [0.717, 1.165) is 5.69 Å². The van der Waals surface area contributed by atoms with Crippen molar-refractivity contribution < 1.29 is 17.9 Å². The first kappa shape index (κ1) is 21.1. The molecular weight excluding hydrogens is 406 g/mol. The zero-order valence-electron chi connectivity index (χ0n) is 16.6. The first-order valence-electron chi connectivity index (χ1n) is 8.92. The second-order valence-electron chi connectivity index (χ2n) is 6.36. The molecule has 156 valence electrons. The number of carbonyl (C=O) groups is 1. The number of amides is 1. The quantitative estimate of drug-likeness (QED) is 0.529. The van der Waals surface area contributed by atoms with Gasteiger partial charge in [-0.25, -0.2) is 13.4 Å². The molecular formula is C20H21N5O4S. The summed E-state index contributed by atoms with van der Waals surface area (Å²) in [6.45, 7) is 3.14. The summed E-state index contributed by atoms with van der Waals surface area (Å²) in [6.07, 6.45) is 0. The molecule has 0 bridgehead atoms. The summed E-state index contributed by atoms with van der Waals surface area (Å²) in [5, 5.41) is 5.71. The molecule has 3 aromatic rings. The maximum absolute atomic E-state index is 12.6. The van der Waals surface area contributed by atoms with Crippen LogP contribution in [0.1, 0.15) is 12.7 Å². The van der Waals surface area contributed by atoms with E-state index in [1.54, 1.807) is 37.3 Å². The van der Waals surface area contributed by atoms with E-state index < -0.39 is 10.0 Å². The monoisotopic (exact) mass is 427 g/mol. The van der Waals surface area contributed by atoms with Gasteiger partial charge in [-0.3, -0.25) is 9.52 Å². The number of hydrogen-bond acceptors (Lipinski definition) is 7. The lowest BCUT2D eigenvalue weighted by molar-refractivity contribution is -0.114. The smallest absolute Gasteiger partial charge is 0.261 e. The fourth-order valence-electron chi connectivity index (χ4n) is 2.61. The molecule has 0 aliphatic rings. The highest BCUT2D eigenvalue weighted by atomic mass is 32.2. The zero-order chi connectivity index (χ0) is 21.7. The van der Waals surface area contributed by atoms with Crippen LogP contribution in [0.3, 0.4) is 0 Å². The van der Waals surface area contributed by atoms with E-state index in [-0.39, 0.29) is 10.8 Å². The van der Waals surface area contributed by atoms with Gasteiger partial charge in [0.25, 0.3) is 10.0 Å². The number of carbonyl (C=O) groups excluding carboxylic acids is 1. The van der Waals surface area contributed by atoms with E-state index in [4.69, 9.17) is 4.74 Å². The van der Waals surface area contributed by atoms with Crippen molar-refractivity contribution in [2.24, 2.45) is 0 Å². The molecule has 0 unspecified atom stereocenters. The number of rotatable bonds is 7. The Bertz CT molecular complexity index is 1150. The van der Waals surface area contributed by atoms with Crippen LogP contribution in [-0.2, 0) is 14.8 Å². The third-order valence-corrected chi connectivity index (χ3v) is 5.32. The summed E-state index contributed by atoms with van der Waals surface area (Å²) in [5.41, 5.74) is 1.65. The SMILES string of the molecule is COc1cc(Nc2ccc(NS(=O)(=O)c3ccc(NC(C)=O)cc3)cc2)nc(C)n1. The van der Waals surface area contributed by atoms with Crippen LogP contribution in [0.25, 0.3) is 0 Å². The topological polar surface area (TPSA) is 122 Å². The van der Waals surface area contributed by atoms with Gasteiger partial charge in [-0.15, -0.1) is 0 Å². The van der Waals surface area contributed by atoms with E-state index in [1.165, 1.54) is 38.3 Å². The third-order valence-electron chi connectivity index (χ3n) is 3.92. The van der Waals surface area contributed by atoms with E-state index in [9.17, 15) is 13.2 Å². The highest BCUT2D eigenvalue weighted by Gasteiger charge is 2.14. The molecule has 1 amide bonds. The minimum atomic E-state index is -3.77. The number of nitrogens with one attached hydrogen (secondary N) is 3. The van der Waals surface area contributed by atoms with Crippen LogP contribution in [-0.4, -0.2) is 31.4 Å². The molecule has 0 atom stereocenters. The molecule has 0 spiro atoms. The van der Waals surface area contributed by atoms with Crippen molar-refractivity contribution in [1.82, 2.24) is 9.97 Å². The Labute approximate surface area is 174 Å². The molecule has 0 saturated heterocycles. The Hall–Kier alpha value is -3.66. The molecule has 0 saturated carbocycles. The molecule has 0 aliphatic heterocycles. The summed E-state index contributed by atoms with van der Waals surface area (Å²) in [5.74, 6) is 1.34. The number of aryl methyl sites for hydroxylation is 1. The molecule has 9 nitrogen and oxygen atoms in total. The summed E-state index contributed by atoms with van der Waals surface area (Å²) in [6, 6.07) is 14.3. The number of benzene rings is 2. The van der Waals surface area contributed by atoms with Gasteiger partial charge in [0.2, 0.25) is 11.8 Å². The normalized spacial score (nSPS) is 10.9. The van der Waals surface area contributed by atoms with Gasteiger partial charge in [-0.05, 0) is 55.5 Å². The van der Waals surface area contributed by atoms with Gasteiger partial charge >= 0.3 is 0 Å². The van der Waals surface area contributed by atoms with Crippen molar-refractivity contribution in [3.8, 4) is 5.88 Å². The van der Waals surface area contributed by atoms with E-state index >= 15 is 0 Å². The Kier molecular flexibility index (Phi) is 6.17. The van der Waals surface area contributed by atoms with Crippen LogP contribution in [0.2, 0.25) is 0 Å². The summed E-state index contributed by atoms with van der Waals surface area (Å²) < 4.78 is 32.8. The molecule has 10 heteroatoms. The number of sulfonamides is 1. The minimum Gasteiger partial charge on any atom is -0.481 e. The van der Waals surface area contributed by atoms with Crippen molar-refractivity contribution in [2.45, 2.75) is 18.7 Å². The van der Waals surface area contributed by atoms with Crippen LogP contribution in [0.15, 0.2) is 59.5 Å². The first-order valence-corrected chi connectivity index (χ1v) is 10.4. The summed E-state index contributed by atoms with van der Waals surface area (Å²) in [4.78, 5) is 19.6. The molecule has 1 heterocycles. The standard InChI is InChI=1S/C20H21N5O4S/c1-13-21-19(12-20(22-13)29-3)24-16-4-6-17(7-5-16)25-30(27,28)18-10-8-15(9-11-18)23-14(2)26/h4-12,25H,1-3H3,(H,23,26)(H,21,22,24). The Morgan fingerprint density at radius 1 is 0.933 bits per heavy atom. The highest BCUT2D eigenvalue weighted by Crippen LogP contribution is 2.22. The zero-order valence-corrected chi connectivity index (χ0v) is 17.4. The Balaban J connectivity index is 1.70. The second-order valence-corrected chi connectivity index (χ2v) is 8.04. The first-order chi connectivity index (χ1) is 14.2. The van der Waals surface area contributed by atoms with Crippen LogP contribution in [0, 0.1) is 6.92 Å². The number of anilines is 4. The molecule has 0 aliphatic carbocycles. The number of methoxy groups -OCH3 is 1. The van der Waals surface area contributed by atoms with Crippen molar-refractivity contribution in [1.29, 1.82) is 0 Å². The summed E-state index contributed by atoms with van der Waals surface area (Å²) in [7, 11) is -2.24. The van der Waals surface area contributed by atoms with E-state index in [1.807, 2.05) is 0 Å². The van der Waals surface area contributed by atoms with Crippen LogP contribution >= 0.6 is 0 Å². The molecule has 2 aromatic carbocycles. The average Bonchev–Trinajstić information content (AvgIpc) is 2.69. The minimum absolute atomic E-state index is 0.0855. The largest absolute Gasteiger partial charge is 0.481 e. The van der Waals surface area contributed by atoms with Gasteiger partial charge in [-0.1, -0.05) is 0 Å². The van der Waals surface area contributed by atoms with Crippen molar-refractivity contribution >= 4 is 38.8 Å². The highest BCUT2D eigenvalue weighted by molar-refractivity contribution is 7.92. The van der Waals surface area contributed by atoms with Gasteiger partial charge < -0.3 is 15.4 Å². The Morgan fingerprint density at radius 3 is 2.13 bits per heavy atom. The van der Waals surface area contributed by atoms with Gasteiger partial charge in [0.05, 0.1) is 12.0 Å². The fourth-order valence-corrected chi connectivity index (χ4v) is 3.67. The number of nitrogens with zero attached hydrogens (tertiary/aromatic N) is 2. The maximum Gasteiger partial charge on any atom is 0.261 e. The second kappa shape index (κ2) is 8.78. The molecule has 3 N–H and O–H groups in total. The lowest BCUT2D eigenvalue weighted by atomic mass is 10.3. The van der Waals surface area contributed by atoms with E-state index in [2.05, 4.69) is 25.3 Å². The van der Waals surface area contributed by atoms with Crippen LogP contribution in [0.4, 0.5) is 22.9 Å². The van der Waals surface area contributed by atoms with Gasteiger partial charge in [0.1, 0.15) is 11.6 Å². The summed E-state index contributed by atoms with van der Waals surface area (Å²) >= 11 is 0. The fraction of sp³-hybridized carbons (Fsp3) is 0.150. The lowest BCUT2D eigenvalue weighted by Gasteiger charge is -2.11. The number of ether oxygens (including phenoxy) is 1. The van der Waals surface area contributed by atoms with Gasteiger partial charge in [-0.2, -0.15) is 4.98 Å². The van der Waals surface area contributed by atoms with Gasteiger partial charge in [0, 0.05) is 30.1 Å². The lowest BCUT2D eigenvalue weighted by Crippen LogP contribution is -2.13. The van der Waals surface area contributed by atoms with Gasteiger partial charge in [0.15, 0.2) is 0 Å². The van der Waals surface area contributed by atoms with Crippen molar-refractivity contribution in [3.05, 3.63) is 60.4 Å². The van der Waals surface area contributed by atoms with E-state index in [0.29, 0.717) is 28.9 Å². The molecule has 3 rings (SSSR count). The number of aromatic nitrogens is 2. The molecule has 0 radical (unpaired) electrons. The molecule has 30 heavy (non-hydrogen) atoms. The molecule has 0 fully saturated rings. The average molecular weight is 427 g/mol. The Morgan fingerprint density at radius 2 is 1.53 bits per heavy atom. The predicted octanol–water partition coefficient (Wildman–Crippen LogP) is 3.30. The maximum atomic E-state index is 12.6. The predicted molar refractivity (Wildman–Crippen MR) is 115 cm³/mol. The van der Waals surface area contributed by atoms with Crippen molar-refractivity contribution in [3.63, 3.8) is 0 Å². The van der Waals surface area contributed by atoms with Crippen LogP contribution in [0.5, 0.6) is 5.88 Å². The molecule has 1 aromatic heterocycles.